The van der Waals surface area contributed by atoms with Gasteiger partial charge in [0.2, 0.25) is 0 Å². The minimum atomic E-state index is -4.52. The second-order valence-corrected chi connectivity index (χ2v) is 8.30. The van der Waals surface area contributed by atoms with Gasteiger partial charge in [0.1, 0.15) is 6.10 Å². The van der Waals surface area contributed by atoms with E-state index >= 15 is 0 Å². The predicted molar refractivity (Wildman–Crippen MR) is 113 cm³/mol. The Hall–Kier alpha value is -2.77. The summed E-state index contributed by atoms with van der Waals surface area (Å²) in [5, 5.41) is 10.1. The molecule has 1 unspecified atom stereocenters. The van der Waals surface area contributed by atoms with E-state index in [4.69, 9.17) is 4.74 Å². The van der Waals surface area contributed by atoms with Crippen molar-refractivity contribution in [2.75, 3.05) is 0 Å². The highest BCUT2D eigenvalue weighted by Crippen LogP contribution is 2.47. The highest BCUT2D eigenvalue weighted by atomic mass is 19.4. The monoisotopic (exact) mass is 451 g/mol. The molecule has 5 nitrogen and oxygen atoms in total. The van der Waals surface area contributed by atoms with E-state index in [0.717, 1.165) is 25.0 Å². The van der Waals surface area contributed by atoms with E-state index in [-0.39, 0.29) is 23.3 Å². The number of carbonyl (C=O) groups excluding carboxylic acids is 1. The van der Waals surface area contributed by atoms with E-state index in [2.05, 4.69) is 0 Å². The highest BCUT2D eigenvalue weighted by molar-refractivity contribution is 5.99. The van der Waals surface area contributed by atoms with Gasteiger partial charge in [0.15, 0.2) is 0 Å². The minimum Gasteiger partial charge on any atom is -0.478 e. The molecule has 0 spiro atoms. The Morgan fingerprint density at radius 1 is 1.06 bits per heavy atom. The summed E-state index contributed by atoms with van der Waals surface area (Å²) >= 11 is 0. The molecular formula is C24H28F3NO4. The number of carbonyl (C=O) groups is 2. The Labute approximate surface area is 185 Å². The van der Waals surface area contributed by atoms with Gasteiger partial charge in [-0.05, 0) is 57.2 Å². The molecule has 0 radical (unpaired) electrons. The van der Waals surface area contributed by atoms with Gasteiger partial charge in [0.25, 0.3) is 0 Å². The first kappa shape index (κ1) is 23.9. The standard InChI is InChI=1S/C24H28F3NO4/c1-5-18(6-2)32-23(31)20-14(4)28(17-11-12-17)13(3)19(22(29)30)21(20)15-7-9-16(10-8-15)24(25,26)27/h7-10,17-18,21H,5-6,11-12H2,1-4H3,(H,29,30). The topological polar surface area (TPSA) is 66.8 Å². The number of rotatable bonds is 7. The van der Waals surface area contributed by atoms with Gasteiger partial charge in [-0.25, -0.2) is 9.59 Å². The predicted octanol–water partition coefficient (Wildman–Crippen LogP) is 5.63. The van der Waals surface area contributed by atoms with Crippen molar-refractivity contribution in [3.8, 4) is 0 Å². The third-order valence-electron chi connectivity index (χ3n) is 6.20. The van der Waals surface area contributed by atoms with Crippen molar-refractivity contribution >= 4 is 11.9 Å². The SMILES string of the molecule is CCC(CC)OC(=O)C1=C(C)N(C2CC2)C(C)=C(C(=O)O)C1c1ccc(C(F)(F)F)cc1. The molecule has 2 aliphatic rings. The van der Waals surface area contributed by atoms with Gasteiger partial charge < -0.3 is 14.7 Å². The van der Waals surface area contributed by atoms with Crippen LogP contribution in [-0.4, -0.2) is 34.1 Å². The normalized spacial score (nSPS) is 19.6. The van der Waals surface area contributed by atoms with Crippen LogP contribution in [0.4, 0.5) is 13.2 Å². The minimum absolute atomic E-state index is 0.0150. The average molecular weight is 451 g/mol. The van der Waals surface area contributed by atoms with Gasteiger partial charge in [-0.3, -0.25) is 0 Å². The number of benzene rings is 1. The molecule has 1 N–H and O–H groups in total. The van der Waals surface area contributed by atoms with Crippen molar-refractivity contribution in [1.82, 2.24) is 4.90 Å². The number of alkyl halides is 3. The fourth-order valence-electron chi connectivity index (χ4n) is 4.37. The Morgan fingerprint density at radius 2 is 1.59 bits per heavy atom. The van der Waals surface area contributed by atoms with E-state index in [0.29, 0.717) is 29.8 Å². The maximum absolute atomic E-state index is 13.3. The number of ether oxygens (including phenoxy) is 1. The van der Waals surface area contributed by atoms with Crippen LogP contribution in [0.1, 0.15) is 70.4 Å². The van der Waals surface area contributed by atoms with Crippen LogP contribution < -0.4 is 0 Å². The molecule has 174 valence electrons. The summed E-state index contributed by atoms with van der Waals surface area (Å²) < 4.78 is 44.9. The van der Waals surface area contributed by atoms with Gasteiger partial charge in [0.05, 0.1) is 22.6 Å². The number of carboxylic acid groups (broad SMARTS) is 1. The number of nitrogens with zero attached hydrogens (tertiary/aromatic N) is 1. The highest BCUT2D eigenvalue weighted by Gasteiger charge is 2.44. The summed E-state index contributed by atoms with van der Waals surface area (Å²) in [5.41, 5.74) is 0.722. The molecule has 1 heterocycles. The van der Waals surface area contributed by atoms with E-state index in [9.17, 15) is 27.9 Å². The largest absolute Gasteiger partial charge is 0.478 e. The van der Waals surface area contributed by atoms with Crippen LogP contribution >= 0.6 is 0 Å². The summed E-state index contributed by atoms with van der Waals surface area (Å²) in [6.45, 7) is 7.21. The van der Waals surface area contributed by atoms with Crippen molar-refractivity contribution < 1.29 is 32.6 Å². The zero-order valence-electron chi connectivity index (χ0n) is 18.6. The molecule has 1 aromatic rings. The lowest BCUT2D eigenvalue weighted by molar-refractivity contribution is -0.145. The maximum atomic E-state index is 13.3. The summed E-state index contributed by atoms with van der Waals surface area (Å²) in [5.74, 6) is -2.86. The van der Waals surface area contributed by atoms with Gasteiger partial charge in [-0.15, -0.1) is 0 Å². The lowest BCUT2D eigenvalue weighted by atomic mass is 9.79. The van der Waals surface area contributed by atoms with E-state index in [1.807, 2.05) is 18.7 Å². The molecule has 0 amide bonds. The Morgan fingerprint density at radius 3 is 2.03 bits per heavy atom. The molecule has 1 fully saturated rings. The van der Waals surface area contributed by atoms with Crippen molar-refractivity contribution in [3.05, 3.63) is 57.9 Å². The lowest BCUT2D eigenvalue weighted by Gasteiger charge is -2.38. The van der Waals surface area contributed by atoms with Crippen molar-refractivity contribution in [1.29, 1.82) is 0 Å². The Balaban J connectivity index is 2.16. The van der Waals surface area contributed by atoms with E-state index in [1.54, 1.807) is 13.8 Å². The summed E-state index contributed by atoms with van der Waals surface area (Å²) in [4.78, 5) is 27.5. The van der Waals surface area contributed by atoms with Gasteiger partial charge in [0, 0.05) is 17.4 Å². The molecule has 1 aliphatic carbocycles. The smallest absolute Gasteiger partial charge is 0.416 e. The van der Waals surface area contributed by atoms with Crippen LogP contribution in [-0.2, 0) is 20.5 Å². The van der Waals surface area contributed by atoms with Crippen LogP contribution in [0.2, 0.25) is 0 Å². The zero-order chi connectivity index (χ0) is 23.8. The van der Waals surface area contributed by atoms with E-state index in [1.165, 1.54) is 12.1 Å². The van der Waals surface area contributed by atoms with Crippen LogP contribution in [0.15, 0.2) is 46.8 Å². The number of aliphatic carboxylic acids is 1. The molecule has 1 aromatic carbocycles. The molecule has 32 heavy (non-hydrogen) atoms. The van der Waals surface area contributed by atoms with E-state index < -0.39 is 29.6 Å². The number of hydrogen-bond acceptors (Lipinski definition) is 4. The molecule has 1 aliphatic heterocycles. The first-order valence-electron chi connectivity index (χ1n) is 10.8. The molecule has 0 bridgehead atoms. The fourth-order valence-corrected chi connectivity index (χ4v) is 4.37. The third-order valence-corrected chi connectivity index (χ3v) is 6.20. The molecule has 0 saturated heterocycles. The van der Waals surface area contributed by atoms with Crippen LogP contribution in [0.3, 0.4) is 0 Å². The fraction of sp³-hybridized carbons (Fsp3) is 0.500. The zero-order valence-corrected chi connectivity index (χ0v) is 18.6. The van der Waals surface area contributed by atoms with Crippen LogP contribution in [0.5, 0.6) is 0 Å². The Kier molecular flexibility index (Phi) is 6.72. The second kappa shape index (κ2) is 9.00. The molecule has 1 atom stereocenters. The number of hydrogen-bond donors (Lipinski definition) is 1. The average Bonchev–Trinajstić information content (AvgIpc) is 3.55. The number of carboxylic acids is 1. The molecule has 8 heteroatoms. The first-order chi connectivity index (χ1) is 15.0. The summed E-state index contributed by atoms with van der Waals surface area (Å²) in [6, 6.07) is 4.42. The molecule has 1 saturated carbocycles. The van der Waals surface area contributed by atoms with Crippen LogP contribution in [0.25, 0.3) is 0 Å². The second-order valence-electron chi connectivity index (χ2n) is 8.30. The van der Waals surface area contributed by atoms with Gasteiger partial charge in [-0.2, -0.15) is 13.2 Å². The summed E-state index contributed by atoms with van der Waals surface area (Å²) in [7, 11) is 0. The number of esters is 1. The maximum Gasteiger partial charge on any atom is 0.416 e. The quantitative estimate of drug-likeness (QED) is 0.544. The summed E-state index contributed by atoms with van der Waals surface area (Å²) in [6.07, 6.45) is -1.88. The van der Waals surface area contributed by atoms with Crippen molar-refractivity contribution in [2.24, 2.45) is 0 Å². The number of allylic oxidation sites excluding steroid dienone is 2. The lowest BCUT2D eigenvalue weighted by Crippen LogP contribution is -2.36. The van der Waals surface area contributed by atoms with Gasteiger partial charge in [-0.1, -0.05) is 26.0 Å². The molecule has 0 aromatic heterocycles. The molecule has 3 rings (SSSR count). The number of halogens is 3. The first-order valence-corrected chi connectivity index (χ1v) is 10.8. The molecular weight excluding hydrogens is 423 g/mol. The van der Waals surface area contributed by atoms with Crippen LogP contribution in [0, 0.1) is 0 Å². The third kappa shape index (κ3) is 4.54. The van der Waals surface area contributed by atoms with Gasteiger partial charge >= 0.3 is 18.1 Å². The van der Waals surface area contributed by atoms with Crippen molar-refractivity contribution in [3.63, 3.8) is 0 Å². The van der Waals surface area contributed by atoms with Crippen molar-refractivity contribution in [2.45, 2.75) is 77.6 Å². The Bertz CT molecular complexity index is 954.